The topological polar surface area (TPSA) is 61.6 Å². The zero-order chi connectivity index (χ0) is 13.0. The molecule has 2 N–H and O–H groups in total. The number of Topliss-reactive ketones (excluding diaryl/α,β-unsaturated/α-hetero) is 1. The van der Waals surface area contributed by atoms with E-state index in [-0.39, 0.29) is 18.3 Å². The molecule has 0 radical (unpaired) electrons. The molecule has 0 spiro atoms. The fourth-order valence-electron chi connectivity index (χ4n) is 1.80. The van der Waals surface area contributed by atoms with Crippen LogP contribution < -0.4 is 10.5 Å². The zero-order valence-corrected chi connectivity index (χ0v) is 10.4. The van der Waals surface area contributed by atoms with Crippen LogP contribution in [0.15, 0.2) is 30.1 Å². The van der Waals surface area contributed by atoms with Crippen LogP contribution >= 0.6 is 0 Å². The number of benzene rings is 1. The van der Waals surface area contributed by atoms with Crippen molar-refractivity contribution in [2.24, 2.45) is 5.73 Å². The van der Waals surface area contributed by atoms with Crippen molar-refractivity contribution >= 4 is 11.4 Å². The molecule has 1 aromatic carbocycles. The summed E-state index contributed by atoms with van der Waals surface area (Å²) in [4.78, 5) is 11.7. The van der Waals surface area contributed by atoms with Crippen molar-refractivity contribution < 1.29 is 14.3 Å². The SMILES string of the molecule is CCCCOc1cccc(C2=C(N)OCC2=O)c1. The first-order chi connectivity index (χ1) is 8.72. The van der Waals surface area contributed by atoms with Gasteiger partial charge in [-0.15, -0.1) is 0 Å². The maximum atomic E-state index is 11.7. The number of ketones is 1. The second kappa shape index (κ2) is 5.58. The van der Waals surface area contributed by atoms with E-state index in [1.165, 1.54) is 0 Å². The van der Waals surface area contributed by atoms with Gasteiger partial charge in [-0.1, -0.05) is 25.5 Å². The number of hydrogen-bond acceptors (Lipinski definition) is 4. The van der Waals surface area contributed by atoms with Crippen molar-refractivity contribution in [2.75, 3.05) is 13.2 Å². The van der Waals surface area contributed by atoms with Crippen molar-refractivity contribution in [3.8, 4) is 5.75 Å². The van der Waals surface area contributed by atoms with Crippen LogP contribution in [0.4, 0.5) is 0 Å². The Hall–Kier alpha value is -1.97. The van der Waals surface area contributed by atoms with Gasteiger partial charge >= 0.3 is 0 Å². The van der Waals surface area contributed by atoms with E-state index in [1.807, 2.05) is 24.3 Å². The van der Waals surface area contributed by atoms with Crippen LogP contribution in [0.25, 0.3) is 5.57 Å². The molecule has 0 bridgehead atoms. The van der Waals surface area contributed by atoms with E-state index in [0.717, 1.165) is 24.2 Å². The molecule has 0 fully saturated rings. The van der Waals surface area contributed by atoms with Gasteiger partial charge in [0.1, 0.15) is 5.75 Å². The minimum Gasteiger partial charge on any atom is -0.494 e. The van der Waals surface area contributed by atoms with Crippen LogP contribution in [-0.4, -0.2) is 19.0 Å². The molecule has 1 aromatic rings. The van der Waals surface area contributed by atoms with E-state index in [1.54, 1.807) is 0 Å². The quantitative estimate of drug-likeness (QED) is 0.809. The smallest absolute Gasteiger partial charge is 0.206 e. The number of nitrogens with two attached hydrogens (primary N) is 1. The molecule has 1 aliphatic rings. The number of carbonyl (C=O) groups excluding carboxylic acids is 1. The highest BCUT2D eigenvalue weighted by Gasteiger charge is 2.24. The van der Waals surface area contributed by atoms with Crippen LogP contribution in [0.5, 0.6) is 5.75 Å². The Morgan fingerprint density at radius 1 is 1.44 bits per heavy atom. The first kappa shape index (κ1) is 12.5. The third-order valence-corrected chi connectivity index (χ3v) is 2.77. The molecule has 4 heteroatoms. The van der Waals surface area contributed by atoms with Gasteiger partial charge in [0.05, 0.1) is 12.2 Å². The van der Waals surface area contributed by atoms with Crippen LogP contribution in [0.3, 0.4) is 0 Å². The van der Waals surface area contributed by atoms with E-state index in [2.05, 4.69) is 6.92 Å². The van der Waals surface area contributed by atoms with Crippen LogP contribution in [0.2, 0.25) is 0 Å². The summed E-state index contributed by atoms with van der Waals surface area (Å²) in [5, 5.41) is 0. The summed E-state index contributed by atoms with van der Waals surface area (Å²) in [7, 11) is 0. The first-order valence-corrected chi connectivity index (χ1v) is 6.11. The lowest BCUT2D eigenvalue weighted by molar-refractivity contribution is -0.115. The maximum absolute atomic E-state index is 11.7. The summed E-state index contributed by atoms with van der Waals surface area (Å²) in [6.07, 6.45) is 2.10. The number of hydrogen-bond donors (Lipinski definition) is 1. The highest BCUT2D eigenvalue weighted by Crippen LogP contribution is 2.26. The molecule has 0 saturated carbocycles. The lowest BCUT2D eigenvalue weighted by atomic mass is 10.0. The standard InChI is InChI=1S/C14H17NO3/c1-2-3-7-17-11-6-4-5-10(8-11)13-12(16)9-18-14(13)15/h4-6,8H,2-3,7,9,15H2,1H3. The highest BCUT2D eigenvalue weighted by molar-refractivity contribution is 6.23. The Balaban J connectivity index is 2.17. The molecule has 1 heterocycles. The van der Waals surface area contributed by atoms with Crippen molar-refractivity contribution in [3.05, 3.63) is 35.7 Å². The summed E-state index contributed by atoms with van der Waals surface area (Å²) < 4.78 is 10.6. The molecule has 1 aliphatic heterocycles. The number of ether oxygens (including phenoxy) is 2. The van der Waals surface area contributed by atoms with Crippen molar-refractivity contribution in [3.63, 3.8) is 0 Å². The minimum absolute atomic E-state index is 0.0298. The lowest BCUT2D eigenvalue weighted by Gasteiger charge is -2.07. The van der Waals surface area contributed by atoms with Gasteiger partial charge < -0.3 is 15.2 Å². The van der Waals surface area contributed by atoms with E-state index in [0.29, 0.717) is 12.2 Å². The van der Waals surface area contributed by atoms with Gasteiger partial charge in [0.25, 0.3) is 0 Å². The fraction of sp³-hybridized carbons (Fsp3) is 0.357. The van der Waals surface area contributed by atoms with Gasteiger partial charge in [-0.3, -0.25) is 4.79 Å². The monoisotopic (exact) mass is 247 g/mol. The summed E-state index contributed by atoms with van der Waals surface area (Å²) >= 11 is 0. The predicted octanol–water partition coefficient (Wildman–Crippen LogP) is 2.09. The lowest BCUT2D eigenvalue weighted by Crippen LogP contribution is -2.02. The van der Waals surface area contributed by atoms with Crippen molar-refractivity contribution in [2.45, 2.75) is 19.8 Å². The molecular weight excluding hydrogens is 230 g/mol. The average Bonchev–Trinajstić information content (AvgIpc) is 2.70. The van der Waals surface area contributed by atoms with E-state index in [4.69, 9.17) is 15.2 Å². The van der Waals surface area contributed by atoms with E-state index < -0.39 is 0 Å². The summed E-state index contributed by atoms with van der Waals surface area (Å²) in [6.45, 7) is 2.82. The number of carbonyl (C=O) groups is 1. The molecule has 96 valence electrons. The van der Waals surface area contributed by atoms with Gasteiger partial charge in [-0.05, 0) is 24.1 Å². The molecule has 4 nitrogen and oxygen atoms in total. The molecule has 2 rings (SSSR count). The Kier molecular flexibility index (Phi) is 3.87. The molecule has 0 saturated heterocycles. The van der Waals surface area contributed by atoms with Gasteiger partial charge in [-0.2, -0.15) is 0 Å². The van der Waals surface area contributed by atoms with Crippen molar-refractivity contribution in [1.82, 2.24) is 0 Å². The number of rotatable bonds is 5. The van der Waals surface area contributed by atoms with Crippen molar-refractivity contribution in [1.29, 1.82) is 0 Å². The molecule has 0 amide bonds. The largest absolute Gasteiger partial charge is 0.494 e. The molecule has 0 unspecified atom stereocenters. The molecule has 0 aliphatic carbocycles. The van der Waals surface area contributed by atoms with Crippen LogP contribution in [0, 0.1) is 0 Å². The third kappa shape index (κ3) is 2.64. The second-order valence-electron chi connectivity index (χ2n) is 4.18. The van der Waals surface area contributed by atoms with Gasteiger partial charge in [0, 0.05) is 0 Å². The Labute approximate surface area is 106 Å². The summed E-state index contributed by atoms with van der Waals surface area (Å²) in [5.41, 5.74) is 6.88. The van der Waals surface area contributed by atoms with Crippen LogP contribution in [-0.2, 0) is 9.53 Å². The molecule has 0 aromatic heterocycles. The average molecular weight is 247 g/mol. The Bertz CT molecular complexity index is 480. The molecule has 18 heavy (non-hydrogen) atoms. The normalized spacial score (nSPS) is 14.8. The summed E-state index contributed by atoms with van der Waals surface area (Å²) in [5.74, 6) is 0.866. The zero-order valence-electron chi connectivity index (χ0n) is 10.4. The van der Waals surface area contributed by atoms with E-state index >= 15 is 0 Å². The van der Waals surface area contributed by atoms with Gasteiger partial charge in [0.2, 0.25) is 5.78 Å². The van der Waals surface area contributed by atoms with E-state index in [9.17, 15) is 4.79 Å². The first-order valence-electron chi connectivity index (χ1n) is 6.11. The maximum Gasteiger partial charge on any atom is 0.206 e. The molecular formula is C14H17NO3. The highest BCUT2D eigenvalue weighted by atomic mass is 16.5. The van der Waals surface area contributed by atoms with Gasteiger partial charge in [-0.25, -0.2) is 0 Å². The third-order valence-electron chi connectivity index (χ3n) is 2.77. The minimum atomic E-state index is -0.0850. The number of unbranched alkanes of at least 4 members (excludes halogenated alkanes) is 1. The predicted molar refractivity (Wildman–Crippen MR) is 68.9 cm³/mol. The Morgan fingerprint density at radius 2 is 2.28 bits per heavy atom. The second-order valence-corrected chi connectivity index (χ2v) is 4.18. The Morgan fingerprint density at radius 3 is 2.94 bits per heavy atom. The summed E-state index contributed by atoms with van der Waals surface area (Å²) in [6, 6.07) is 7.38. The van der Waals surface area contributed by atoms with Gasteiger partial charge in [0.15, 0.2) is 12.5 Å². The molecule has 0 atom stereocenters. The van der Waals surface area contributed by atoms with Crippen LogP contribution in [0.1, 0.15) is 25.3 Å². The fourth-order valence-corrected chi connectivity index (χ4v) is 1.80.